The molecule has 4 atom stereocenters. The standard InChI is InChI=1S/C29H32N4O10/c1-40-22-8-16-18(30-26(36)20-6-14(34)12-32(20)28(16)38)10-24(22)42-4-3-5-43-25-11-19-17(9-23(25)41-2)29(39)33-13-15(35)7-21(33)27(37)31-19/h8-11,14-15,20-21,34-35H,3-7,12-13H2,1-2H3,(H,30,36)(H,31,37)/t14-,15-,20+,21+/m1/s1. The number of hydrogen-bond donors (Lipinski definition) is 4. The number of benzene rings is 2. The van der Waals surface area contributed by atoms with Gasteiger partial charge in [0.05, 0.1) is 62.1 Å². The molecule has 4 amide bonds. The molecule has 4 N–H and O–H groups in total. The first-order valence-electron chi connectivity index (χ1n) is 14.0. The normalized spacial score (nSPS) is 24.2. The maximum absolute atomic E-state index is 13.1. The third-order valence-electron chi connectivity index (χ3n) is 8.07. The number of ether oxygens (including phenoxy) is 4. The first-order valence-corrected chi connectivity index (χ1v) is 14.0. The second-order valence-electron chi connectivity index (χ2n) is 10.9. The molecule has 0 aliphatic carbocycles. The van der Waals surface area contributed by atoms with Crippen molar-refractivity contribution in [2.24, 2.45) is 0 Å². The number of amides is 4. The number of carbonyl (C=O) groups excluding carboxylic acids is 4. The number of nitrogens with one attached hydrogen (secondary N) is 2. The molecule has 14 heteroatoms. The minimum absolute atomic E-state index is 0.0811. The third kappa shape index (κ3) is 5.16. The summed E-state index contributed by atoms with van der Waals surface area (Å²) in [6, 6.07) is 4.62. The van der Waals surface area contributed by atoms with Crippen LogP contribution in [0.2, 0.25) is 0 Å². The van der Waals surface area contributed by atoms with Crippen molar-refractivity contribution in [3.8, 4) is 23.0 Å². The Hall–Kier alpha value is -4.56. The van der Waals surface area contributed by atoms with Crippen LogP contribution < -0.4 is 29.6 Å². The Bertz CT molecular complexity index is 1390. The lowest BCUT2D eigenvalue weighted by Gasteiger charge is -2.20. The summed E-state index contributed by atoms with van der Waals surface area (Å²) in [7, 11) is 2.89. The number of rotatable bonds is 8. The average Bonchev–Trinajstić information content (AvgIpc) is 3.54. The van der Waals surface area contributed by atoms with Crippen molar-refractivity contribution in [3.63, 3.8) is 0 Å². The number of fused-ring (bicyclic) bond motifs is 4. The first-order chi connectivity index (χ1) is 20.7. The topological polar surface area (TPSA) is 176 Å². The zero-order valence-electron chi connectivity index (χ0n) is 23.6. The summed E-state index contributed by atoms with van der Waals surface area (Å²) in [5.41, 5.74) is 1.09. The molecule has 0 unspecified atom stereocenters. The average molecular weight is 597 g/mol. The van der Waals surface area contributed by atoms with Crippen molar-refractivity contribution >= 4 is 35.0 Å². The van der Waals surface area contributed by atoms with Crippen LogP contribution >= 0.6 is 0 Å². The van der Waals surface area contributed by atoms with E-state index >= 15 is 0 Å². The molecule has 14 nitrogen and oxygen atoms in total. The summed E-state index contributed by atoms with van der Waals surface area (Å²) in [6.45, 7) is 0.550. The van der Waals surface area contributed by atoms with E-state index < -0.39 is 24.3 Å². The fourth-order valence-corrected chi connectivity index (χ4v) is 5.96. The third-order valence-corrected chi connectivity index (χ3v) is 8.07. The largest absolute Gasteiger partial charge is 0.493 e. The van der Waals surface area contributed by atoms with Crippen LogP contribution in [0.1, 0.15) is 40.0 Å². The number of aliphatic hydroxyl groups excluding tert-OH is 2. The van der Waals surface area contributed by atoms with E-state index in [2.05, 4.69) is 10.6 Å². The monoisotopic (exact) mass is 596 g/mol. The second kappa shape index (κ2) is 11.3. The predicted molar refractivity (Wildman–Crippen MR) is 150 cm³/mol. The van der Waals surface area contributed by atoms with Crippen LogP contribution in [-0.4, -0.2) is 108 Å². The Morgan fingerprint density at radius 3 is 1.51 bits per heavy atom. The van der Waals surface area contributed by atoms with Crippen LogP contribution in [0.5, 0.6) is 23.0 Å². The first kappa shape index (κ1) is 28.6. The fraction of sp³-hybridized carbons (Fsp3) is 0.448. The van der Waals surface area contributed by atoms with Gasteiger partial charge < -0.3 is 49.6 Å². The van der Waals surface area contributed by atoms with Crippen LogP contribution in [0.25, 0.3) is 0 Å². The minimum Gasteiger partial charge on any atom is -0.493 e. The highest BCUT2D eigenvalue weighted by Crippen LogP contribution is 2.39. The number of hydrogen-bond acceptors (Lipinski definition) is 10. The van der Waals surface area contributed by atoms with Gasteiger partial charge >= 0.3 is 0 Å². The van der Waals surface area contributed by atoms with Gasteiger partial charge in [-0.2, -0.15) is 0 Å². The van der Waals surface area contributed by atoms with Crippen molar-refractivity contribution in [2.75, 3.05) is 51.2 Å². The van der Waals surface area contributed by atoms with Crippen LogP contribution in [0.15, 0.2) is 24.3 Å². The Labute approximate surface area is 246 Å². The predicted octanol–water partition coefficient (Wildman–Crippen LogP) is 0.607. The quantitative estimate of drug-likeness (QED) is 0.316. The molecule has 4 aliphatic heterocycles. The lowest BCUT2D eigenvalue weighted by atomic mass is 10.1. The number of aliphatic hydroxyl groups is 2. The molecule has 4 heterocycles. The van der Waals surface area contributed by atoms with Crippen molar-refractivity contribution in [3.05, 3.63) is 35.4 Å². The molecule has 0 radical (unpaired) electrons. The highest BCUT2D eigenvalue weighted by atomic mass is 16.5. The molecule has 4 aliphatic rings. The van der Waals surface area contributed by atoms with Crippen LogP contribution in [0.4, 0.5) is 11.4 Å². The van der Waals surface area contributed by atoms with Gasteiger partial charge in [0.2, 0.25) is 11.8 Å². The lowest BCUT2D eigenvalue weighted by molar-refractivity contribution is -0.120. The summed E-state index contributed by atoms with van der Waals surface area (Å²) in [4.78, 5) is 54.5. The molecule has 2 aromatic rings. The van der Waals surface area contributed by atoms with Gasteiger partial charge in [-0.1, -0.05) is 0 Å². The number of nitrogens with zero attached hydrogens (tertiary/aromatic N) is 2. The fourth-order valence-electron chi connectivity index (χ4n) is 5.96. The highest BCUT2D eigenvalue weighted by Gasteiger charge is 2.44. The summed E-state index contributed by atoms with van der Waals surface area (Å²) < 4.78 is 22.7. The van der Waals surface area contributed by atoms with Gasteiger partial charge in [0.25, 0.3) is 11.8 Å². The molecule has 0 saturated carbocycles. The van der Waals surface area contributed by atoms with Gasteiger partial charge in [-0.25, -0.2) is 0 Å². The Balaban J connectivity index is 1.11. The van der Waals surface area contributed by atoms with Gasteiger partial charge in [0.15, 0.2) is 23.0 Å². The maximum atomic E-state index is 13.1. The van der Waals surface area contributed by atoms with Crippen LogP contribution in [0, 0.1) is 0 Å². The Kier molecular flexibility index (Phi) is 7.48. The summed E-state index contributed by atoms with van der Waals surface area (Å²) in [5, 5.41) is 25.5. The molecule has 6 rings (SSSR count). The Morgan fingerprint density at radius 2 is 1.12 bits per heavy atom. The van der Waals surface area contributed by atoms with E-state index in [4.69, 9.17) is 18.9 Å². The smallest absolute Gasteiger partial charge is 0.256 e. The second-order valence-corrected chi connectivity index (χ2v) is 10.9. The number of carbonyl (C=O) groups is 4. The van der Waals surface area contributed by atoms with Crippen molar-refractivity contribution in [1.82, 2.24) is 9.80 Å². The van der Waals surface area contributed by atoms with E-state index in [0.717, 1.165) is 0 Å². The molecule has 2 aromatic carbocycles. The van der Waals surface area contributed by atoms with Gasteiger partial charge in [-0.15, -0.1) is 0 Å². The van der Waals surface area contributed by atoms with E-state index in [1.54, 1.807) is 12.1 Å². The molecule has 2 saturated heterocycles. The SMILES string of the molecule is COc1cc2c(cc1OCCCOc1cc3c(cc1OC)C(=O)N1C[C@H](O)C[C@H]1C(=O)N3)NC(=O)[C@@H]1C[C@@H](O)CN1C2=O. The Morgan fingerprint density at radius 1 is 0.698 bits per heavy atom. The lowest BCUT2D eigenvalue weighted by Crippen LogP contribution is -2.40. The van der Waals surface area contributed by atoms with Crippen molar-refractivity contribution in [1.29, 1.82) is 0 Å². The van der Waals surface area contributed by atoms with Gasteiger partial charge in [-0.3, -0.25) is 19.2 Å². The van der Waals surface area contributed by atoms with Crippen LogP contribution in [-0.2, 0) is 9.59 Å². The zero-order chi connectivity index (χ0) is 30.4. The molecular formula is C29H32N4O10. The number of methoxy groups -OCH3 is 2. The van der Waals surface area contributed by atoms with E-state index in [9.17, 15) is 29.4 Å². The molecule has 2 fully saturated rings. The van der Waals surface area contributed by atoms with Crippen molar-refractivity contribution < 1.29 is 48.3 Å². The molecule has 43 heavy (non-hydrogen) atoms. The van der Waals surface area contributed by atoms with Gasteiger partial charge in [0, 0.05) is 44.5 Å². The minimum atomic E-state index is -0.757. The summed E-state index contributed by atoms with van der Waals surface area (Å²) in [6.07, 6.45) is -0.751. The molecule has 0 bridgehead atoms. The van der Waals surface area contributed by atoms with E-state index in [-0.39, 0.29) is 73.9 Å². The van der Waals surface area contributed by atoms with Crippen LogP contribution in [0.3, 0.4) is 0 Å². The zero-order valence-corrected chi connectivity index (χ0v) is 23.6. The maximum Gasteiger partial charge on any atom is 0.256 e. The summed E-state index contributed by atoms with van der Waals surface area (Å²) in [5.74, 6) is -0.241. The van der Waals surface area contributed by atoms with Gasteiger partial charge in [-0.05, 0) is 12.1 Å². The number of anilines is 2. The van der Waals surface area contributed by atoms with Gasteiger partial charge in [0.1, 0.15) is 12.1 Å². The van der Waals surface area contributed by atoms with E-state index in [1.165, 1.54) is 36.2 Å². The highest BCUT2D eigenvalue weighted by molar-refractivity contribution is 6.11. The summed E-state index contributed by atoms with van der Waals surface area (Å²) >= 11 is 0. The van der Waals surface area contributed by atoms with E-state index in [0.29, 0.717) is 40.8 Å². The molecule has 0 aromatic heterocycles. The molecular weight excluding hydrogens is 564 g/mol. The molecule has 228 valence electrons. The van der Waals surface area contributed by atoms with Crippen molar-refractivity contribution in [2.45, 2.75) is 43.6 Å². The van der Waals surface area contributed by atoms with E-state index in [1.807, 2.05) is 0 Å². The molecule has 0 spiro atoms.